The second-order valence-electron chi connectivity index (χ2n) is 6.94. The third-order valence-electron chi connectivity index (χ3n) is 4.79. The van der Waals surface area contributed by atoms with Crippen LogP contribution in [0.15, 0.2) is 59.1 Å². The first-order valence-electron chi connectivity index (χ1n) is 9.64. The van der Waals surface area contributed by atoms with Crippen LogP contribution in [0.3, 0.4) is 0 Å². The molecule has 0 bridgehead atoms. The summed E-state index contributed by atoms with van der Waals surface area (Å²) < 4.78 is 6.65. The normalized spacial score (nSPS) is 16.5. The van der Waals surface area contributed by atoms with E-state index in [1.165, 1.54) is 0 Å². The van der Waals surface area contributed by atoms with Gasteiger partial charge in [0.05, 0.1) is 12.5 Å². The van der Waals surface area contributed by atoms with Crippen molar-refractivity contribution in [2.24, 2.45) is 5.92 Å². The zero-order chi connectivity index (χ0) is 19.8. The predicted octanol–water partition coefficient (Wildman–Crippen LogP) is 4.49. The van der Waals surface area contributed by atoms with Crippen LogP contribution in [0.25, 0.3) is 0 Å². The first kappa shape index (κ1) is 20.4. The second kappa shape index (κ2) is 10.3. The molecule has 0 spiro atoms. The maximum Gasteiger partial charge on any atom is 0.229 e. The maximum absolute atomic E-state index is 12.5. The van der Waals surface area contributed by atoms with Crippen molar-refractivity contribution in [3.63, 3.8) is 0 Å². The SMILES string of the molecule is O=C(Nc1ccccc1)C1CCCN(C(=O)CCCOc2cccc(Br)c2)C1. The van der Waals surface area contributed by atoms with E-state index < -0.39 is 0 Å². The highest BCUT2D eigenvalue weighted by Crippen LogP contribution is 2.20. The molecule has 0 aliphatic carbocycles. The molecule has 2 aromatic carbocycles. The summed E-state index contributed by atoms with van der Waals surface area (Å²) in [7, 11) is 0. The highest BCUT2D eigenvalue weighted by Gasteiger charge is 2.28. The minimum Gasteiger partial charge on any atom is -0.494 e. The predicted molar refractivity (Wildman–Crippen MR) is 113 cm³/mol. The Morgan fingerprint density at radius 2 is 1.96 bits per heavy atom. The zero-order valence-electron chi connectivity index (χ0n) is 15.8. The van der Waals surface area contributed by atoms with Gasteiger partial charge in [0.1, 0.15) is 5.75 Å². The quantitative estimate of drug-likeness (QED) is 0.640. The van der Waals surface area contributed by atoms with E-state index in [0.29, 0.717) is 26.0 Å². The lowest BCUT2D eigenvalue weighted by Gasteiger charge is -2.32. The molecule has 1 atom stereocenters. The van der Waals surface area contributed by atoms with Crippen molar-refractivity contribution in [3.8, 4) is 5.75 Å². The topological polar surface area (TPSA) is 58.6 Å². The molecule has 1 heterocycles. The number of carbonyl (C=O) groups is 2. The van der Waals surface area contributed by atoms with Gasteiger partial charge in [0.2, 0.25) is 11.8 Å². The van der Waals surface area contributed by atoms with Crippen LogP contribution in [0.5, 0.6) is 5.75 Å². The van der Waals surface area contributed by atoms with Gasteiger partial charge in [-0.1, -0.05) is 40.2 Å². The Kier molecular flexibility index (Phi) is 7.48. The van der Waals surface area contributed by atoms with E-state index >= 15 is 0 Å². The minimum atomic E-state index is -0.157. The highest BCUT2D eigenvalue weighted by atomic mass is 79.9. The van der Waals surface area contributed by atoms with Gasteiger partial charge in [-0.05, 0) is 49.6 Å². The number of hydrogen-bond acceptors (Lipinski definition) is 3. The molecule has 1 saturated heterocycles. The standard InChI is InChI=1S/C22H25BrN2O3/c23-18-8-4-11-20(15-18)28-14-6-12-21(26)25-13-5-7-17(16-25)22(27)24-19-9-2-1-3-10-19/h1-4,8-11,15,17H,5-7,12-14,16H2,(H,24,27). The largest absolute Gasteiger partial charge is 0.494 e. The number of hydrogen-bond donors (Lipinski definition) is 1. The molecular weight excluding hydrogens is 420 g/mol. The average molecular weight is 445 g/mol. The first-order valence-corrected chi connectivity index (χ1v) is 10.4. The Labute approximate surface area is 174 Å². The Morgan fingerprint density at radius 1 is 1.14 bits per heavy atom. The van der Waals surface area contributed by atoms with Gasteiger partial charge in [0.15, 0.2) is 0 Å². The molecule has 1 N–H and O–H groups in total. The van der Waals surface area contributed by atoms with Crippen molar-refractivity contribution in [1.82, 2.24) is 4.90 Å². The number of nitrogens with one attached hydrogen (secondary N) is 1. The van der Waals surface area contributed by atoms with E-state index in [2.05, 4.69) is 21.2 Å². The fraction of sp³-hybridized carbons (Fsp3) is 0.364. The number of likely N-dealkylation sites (tertiary alicyclic amines) is 1. The van der Waals surface area contributed by atoms with E-state index in [1.54, 1.807) is 0 Å². The van der Waals surface area contributed by atoms with E-state index in [4.69, 9.17) is 4.74 Å². The van der Waals surface area contributed by atoms with Crippen LogP contribution in [-0.4, -0.2) is 36.4 Å². The number of carbonyl (C=O) groups excluding carboxylic acids is 2. The number of anilines is 1. The van der Waals surface area contributed by atoms with Crippen LogP contribution in [0.1, 0.15) is 25.7 Å². The third kappa shape index (κ3) is 6.09. The third-order valence-corrected chi connectivity index (χ3v) is 5.28. The van der Waals surface area contributed by atoms with Gasteiger partial charge in [-0.2, -0.15) is 0 Å². The minimum absolute atomic E-state index is 0.0123. The van der Waals surface area contributed by atoms with E-state index in [9.17, 15) is 9.59 Å². The molecule has 1 aliphatic rings. The summed E-state index contributed by atoms with van der Waals surface area (Å²) in [5, 5.41) is 2.95. The van der Waals surface area contributed by atoms with Gasteiger partial charge in [0, 0.05) is 29.7 Å². The number of ether oxygens (including phenoxy) is 1. The summed E-state index contributed by atoms with van der Waals surface area (Å²) >= 11 is 3.41. The molecule has 1 unspecified atom stereocenters. The van der Waals surface area contributed by atoms with Crippen LogP contribution < -0.4 is 10.1 Å². The molecule has 2 amide bonds. The van der Waals surface area contributed by atoms with E-state index in [1.807, 2.05) is 59.5 Å². The number of halogens is 1. The van der Waals surface area contributed by atoms with Gasteiger partial charge in [0.25, 0.3) is 0 Å². The van der Waals surface area contributed by atoms with Crippen LogP contribution in [-0.2, 0) is 9.59 Å². The number of piperidine rings is 1. The summed E-state index contributed by atoms with van der Waals surface area (Å²) in [5.74, 6) is 0.713. The molecule has 3 rings (SSSR count). The van der Waals surface area contributed by atoms with Crippen LogP contribution in [0.4, 0.5) is 5.69 Å². The molecule has 0 saturated carbocycles. The molecule has 5 nitrogen and oxygen atoms in total. The Bertz CT molecular complexity index is 797. The molecule has 0 radical (unpaired) electrons. The van der Waals surface area contributed by atoms with E-state index in [0.717, 1.165) is 35.3 Å². The van der Waals surface area contributed by atoms with Crippen molar-refractivity contribution in [1.29, 1.82) is 0 Å². The molecule has 28 heavy (non-hydrogen) atoms. The molecule has 6 heteroatoms. The maximum atomic E-state index is 12.5. The number of para-hydroxylation sites is 1. The van der Waals surface area contributed by atoms with Gasteiger partial charge in [-0.25, -0.2) is 0 Å². The fourth-order valence-corrected chi connectivity index (χ4v) is 3.69. The summed E-state index contributed by atoms with van der Waals surface area (Å²) in [6, 6.07) is 17.1. The van der Waals surface area contributed by atoms with Gasteiger partial charge in [-0.15, -0.1) is 0 Å². The van der Waals surface area contributed by atoms with Crippen molar-refractivity contribution in [3.05, 3.63) is 59.1 Å². The molecule has 148 valence electrons. The van der Waals surface area contributed by atoms with Crippen molar-refractivity contribution in [2.75, 3.05) is 25.0 Å². The first-order chi connectivity index (χ1) is 13.6. The van der Waals surface area contributed by atoms with Crippen LogP contribution >= 0.6 is 15.9 Å². The lowest BCUT2D eigenvalue weighted by Crippen LogP contribution is -2.43. The summed E-state index contributed by atoms with van der Waals surface area (Å²) in [5.41, 5.74) is 0.792. The Hall–Kier alpha value is -2.34. The van der Waals surface area contributed by atoms with Crippen LogP contribution in [0, 0.1) is 5.92 Å². The number of rotatable bonds is 7. The Morgan fingerprint density at radius 3 is 2.75 bits per heavy atom. The number of benzene rings is 2. The summed E-state index contributed by atoms with van der Waals surface area (Å²) in [6.45, 7) is 1.71. The zero-order valence-corrected chi connectivity index (χ0v) is 17.4. The summed E-state index contributed by atoms with van der Waals surface area (Å²) in [4.78, 5) is 26.8. The van der Waals surface area contributed by atoms with Crippen molar-refractivity contribution < 1.29 is 14.3 Å². The molecule has 0 aromatic heterocycles. The smallest absolute Gasteiger partial charge is 0.229 e. The molecule has 1 aliphatic heterocycles. The van der Waals surface area contributed by atoms with Crippen LogP contribution in [0.2, 0.25) is 0 Å². The van der Waals surface area contributed by atoms with Gasteiger partial charge >= 0.3 is 0 Å². The highest BCUT2D eigenvalue weighted by molar-refractivity contribution is 9.10. The molecule has 1 fully saturated rings. The van der Waals surface area contributed by atoms with Gasteiger partial charge in [-0.3, -0.25) is 9.59 Å². The number of nitrogens with zero attached hydrogens (tertiary/aromatic N) is 1. The second-order valence-corrected chi connectivity index (χ2v) is 7.86. The average Bonchev–Trinajstić information content (AvgIpc) is 2.72. The monoisotopic (exact) mass is 444 g/mol. The van der Waals surface area contributed by atoms with Crippen molar-refractivity contribution in [2.45, 2.75) is 25.7 Å². The molecule has 2 aromatic rings. The Balaban J connectivity index is 1.41. The van der Waals surface area contributed by atoms with Gasteiger partial charge < -0.3 is 15.0 Å². The fourth-order valence-electron chi connectivity index (χ4n) is 3.31. The lowest BCUT2D eigenvalue weighted by molar-refractivity contribution is -0.134. The number of amides is 2. The van der Waals surface area contributed by atoms with Crippen molar-refractivity contribution >= 4 is 33.4 Å². The molecular formula is C22H25BrN2O3. The van der Waals surface area contributed by atoms with E-state index in [-0.39, 0.29) is 17.7 Å². The lowest BCUT2D eigenvalue weighted by atomic mass is 9.96. The summed E-state index contributed by atoms with van der Waals surface area (Å²) in [6.07, 6.45) is 2.76.